The van der Waals surface area contributed by atoms with Crippen molar-refractivity contribution in [3.05, 3.63) is 23.9 Å². The number of nitrogens with two attached hydrogens (primary N) is 1. The van der Waals surface area contributed by atoms with Crippen LogP contribution in [0.25, 0.3) is 0 Å². The Hall–Kier alpha value is -2.35. The fraction of sp³-hybridized carbons (Fsp3) is 0.632. The molecule has 8 nitrogen and oxygen atoms in total. The topological polar surface area (TPSA) is 103 Å². The first kappa shape index (κ1) is 18.0. The van der Waals surface area contributed by atoms with Crippen LogP contribution in [-0.2, 0) is 0 Å². The summed E-state index contributed by atoms with van der Waals surface area (Å²) in [6, 6.07) is 3.30. The third kappa shape index (κ3) is 3.45. The molecule has 0 bridgehead atoms. The van der Waals surface area contributed by atoms with Gasteiger partial charge in [-0.3, -0.25) is 4.79 Å². The van der Waals surface area contributed by atoms with Crippen LogP contribution in [0.3, 0.4) is 0 Å². The molecule has 1 aromatic rings. The van der Waals surface area contributed by atoms with Gasteiger partial charge in [-0.25, -0.2) is 9.78 Å². The van der Waals surface area contributed by atoms with Crippen LogP contribution in [0.1, 0.15) is 36.0 Å². The first-order valence-electron chi connectivity index (χ1n) is 9.73. The van der Waals surface area contributed by atoms with Gasteiger partial charge < -0.3 is 25.5 Å². The average molecular weight is 373 g/mol. The molecule has 1 aromatic heterocycles. The summed E-state index contributed by atoms with van der Waals surface area (Å²) in [5.41, 5.74) is 5.41. The highest BCUT2D eigenvalue weighted by Crippen LogP contribution is 2.36. The minimum atomic E-state index is -0.796. The van der Waals surface area contributed by atoms with E-state index in [0.717, 1.165) is 25.9 Å². The van der Waals surface area contributed by atoms with Crippen LogP contribution in [0.2, 0.25) is 0 Å². The number of amides is 3. The highest BCUT2D eigenvalue weighted by Gasteiger charge is 2.47. The van der Waals surface area contributed by atoms with Crippen molar-refractivity contribution in [2.75, 3.05) is 45.0 Å². The number of pyridine rings is 1. The quantitative estimate of drug-likeness (QED) is 0.757. The lowest BCUT2D eigenvalue weighted by atomic mass is 9.75. The molecule has 3 aliphatic heterocycles. The van der Waals surface area contributed by atoms with E-state index >= 15 is 0 Å². The maximum absolute atomic E-state index is 12.8. The molecule has 0 radical (unpaired) electrons. The largest absolute Gasteiger partial charge is 0.389 e. The van der Waals surface area contributed by atoms with Gasteiger partial charge in [0.1, 0.15) is 5.82 Å². The molecule has 3 saturated heterocycles. The third-order valence-corrected chi connectivity index (χ3v) is 6.23. The monoisotopic (exact) mass is 373 g/mol. The molecular formula is C19H27N5O3. The van der Waals surface area contributed by atoms with Crippen LogP contribution in [0.5, 0.6) is 0 Å². The van der Waals surface area contributed by atoms with Crippen molar-refractivity contribution in [2.24, 2.45) is 5.92 Å². The number of anilines is 1. The number of fused-ring (bicyclic) bond motifs is 1. The van der Waals surface area contributed by atoms with Gasteiger partial charge in [-0.1, -0.05) is 0 Å². The summed E-state index contributed by atoms with van der Waals surface area (Å²) in [6.45, 7) is 3.66. The summed E-state index contributed by atoms with van der Waals surface area (Å²) in [7, 11) is 0. The van der Waals surface area contributed by atoms with Crippen molar-refractivity contribution >= 4 is 17.8 Å². The minimum Gasteiger partial charge on any atom is -0.389 e. The summed E-state index contributed by atoms with van der Waals surface area (Å²) in [6.07, 6.45) is 4.76. The zero-order chi connectivity index (χ0) is 19.0. The third-order valence-electron chi connectivity index (χ3n) is 6.23. The second kappa shape index (κ2) is 6.99. The summed E-state index contributed by atoms with van der Waals surface area (Å²) < 4.78 is 0. The standard InChI is InChI=1S/C19H27N5O3/c20-16-11-14(3-6-21-16)17(25)23-9-4-19(27)5-10-24(13-15(19)12-23)18(26)22-7-1-2-8-22/h3,6,11,15,27H,1-2,4-5,7-10,12-13H2,(H2,20,21)/t15-,19-/m1/s1. The summed E-state index contributed by atoms with van der Waals surface area (Å²) in [5, 5.41) is 11.1. The van der Waals surface area contributed by atoms with Crippen LogP contribution < -0.4 is 5.73 Å². The van der Waals surface area contributed by atoms with Gasteiger partial charge in [-0.2, -0.15) is 0 Å². The van der Waals surface area contributed by atoms with E-state index in [9.17, 15) is 14.7 Å². The van der Waals surface area contributed by atoms with Gasteiger partial charge in [0, 0.05) is 56.9 Å². The van der Waals surface area contributed by atoms with E-state index in [1.54, 1.807) is 17.0 Å². The number of rotatable bonds is 1. The highest BCUT2D eigenvalue weighted by molar-refractivity contribution is 5.94. The van der Waals surface area contributed by atoms with Crippen LogP contribution >= 0.6 is 0 Å². The van der Waals surface area contributed by atoms with Crippen molar-refractivity contribution in [3.63, 3.8) is 0 Å². The molecule has 4 heterocycles. The maximum Gasteiger partial charge on any atom is 0.320 e. The Morgan fingerprint density at radius 2 is 1.74 bits per heavy atom. The van der Waals surface area contributed by atoms with E-state index in [-0.39, 0.29) is 17.9 Å². The summed E-state index contributed by atoms with van der Waals surface area (Å²) in [4.78, 5) is 35.0. The number of aliphatic hydroxyl groups is 1. The number of likely N-dealkylation sites (tertiary alicyclic amines) is 3. The van der Waals surface area contributed by atoms with Crippen LogP contribution in [-0.4, -0.2) is 81.6 Å². The van der Waals surface area contributed by atoms with Gasteiger partial charge >= 0.3 is 6.03 Å². The number of carbonyl (C=O) groups excluding carboxylic acids is 2. The van der Waals surface area contributed by atoms with E-state index in [4.69, 9.17) is 5.73 Å². The highest BCUT2D eigenvalue weighted by atomic mass is 16.3. The van der Waals surface area contributed by atoms with E-state index in [1.807, 2.05) is 9.80 Å². The van der Waals surface area contributed by atoms with Crippen molar-refractivity contribution in [1.29, 1.82) is 0 Å². The molecule has 4 rings (SSSR count). The summed E-state index contributed by atoms with van der Waals surface area (Å²) in [5.74, 6) is 0.0817. The van der Waals surface area contributed by atoms with Crippen molar-refractivity contribution in [1.82, 2.24) is 19.7 Å². The predicted octanol–water partition coefficient (Wildman–Crippen LogP) is 0.778. The smallest absolute Gasteiger partial charge is 0.320 e. The van der Waals surface area contributed by atoms with Gasteiger partial charge in [0.05, 0.1) is 5.60 Å². The fourth-order valence-corrected chi connectivity index (χ4v) is 4.53. The fourth-order valence-electron chi connectivity index (χ4n) is 4.53. The number of piperidine rings is 2. The van der Waals surface area contributed by atoms with Gasteiger partial charge in [0.15, 0.2) is 0 Å². The van der Waals surface area contributed by atoms with Gasteiger partial charge in [0.25, 0.3) is 5.91 Å². The van der Waals surface area contributed by atoms with Crippen molar-refractivity contribution in [2.45, 2.75) is 31.3 Å². The number of nitrogen functional groups attached to an aromatic ring is 1. The molecular weight excluding hydrogens is 346 g/mol. The molecule has 3 N–H and O–H groups in total. The molecule has 0 aromatic carbocycles. The van der Waals surface area contributed by atoms with E-state index in [1.165, 1.54) is 6.20 Å². The Kier molecular flexibility index (Phi) is 4.67. The zero-order valence-electron chi connectivity index (χ0n) is 15.5. The van der Waals surface area contributed by atoms with Gasteiger partial charge in [-0.15, -0.1) is 0 Å². The molecule has 3 aliphatic rings. The summed E-state index contributed by atoms with van der Waals surface area (Å²) >= 11 is 0. The molecule has 2 atom stereocenters. The Balaban J connectivity index is 1.45. The molecule has 0 spiro atoms. The number of nitrogens with zero attached hydrogens (tertiary/aromatic N) is 4. The molecule has 3 amide bonds. The normalized spacial score (nSPS) is 28.2. The van der Waals surface area contributed by atoms with Gasteiger partial charge in [-0.05, 0) is 37.8 Å². The lowest BCUT2D eigenvalue weighted by Gasteiger charge is -2.50. The molecule has 27 heavy (non-hydrogen) atoms. The zero-order valence-corrected chi connectivity index (χ0v) is 15.5. The van der Waals surface area contributed by atoms with Gasteiger partial charge in [0.2, 0.25) is 0 Å². The second-order valence-electron chi connectivity index (χ2n) is 7.94. The number of hydrogen-bond donors (Lipinski definition) is 2. The lowest BCUT2D eigenvalue weighted by Crippen LogP contribution is -2.62. The average Bonchev–Trinajstić information content (AvgIpc) is 3.20. The SMILES string of the molecule is Nc1cc(C(=O)N2CC[C@@]3(O)CCN(C(=O)N4CCCC4)C[C@H]3C2)ccn1. The molecule has 0 unspecified atom stereocenters. The van der Waals surface area contributed by atoms with E-state index in [0.29, 0.717) is 50.4 Å². The Morgan fingerprint density at radius 1 is 1.07 bits per heavy atom. The predicted molar refractivity (Wildman–Crippen MR) is 100 cm³/mol. The van der Waals surface area contributed by atoms with Crippen LogP contribution in [0, 0.1) is 5.92 Å². The molecule has 146 valence electrons. The molecule has 0 saturated carbocycles. The van der Waals surface area contributed by atoms with Crippen LogP contribution in [0.15, 0.2) is 18.3 Å². The lowest BCUT2D eigenvalue weighted by molar-refractivity contribution is -0.101. The second-order valence-corrected chi connectivity index (χ2v) is 7.94. The molecule has 8 heteroatoms. The Morgan fingerprint density at radius 3 is 2.44 bits per heavy atom. The maximum atomic E-state index is 12.8. The number of urea groups is 1. The molecule has 3 fully saturated rings. The Labute approximate surface area is 158 Å². The minimum absolute atomic E-state index is 0.0694. The molecule has 0 aliphatic carbocycles. The van der Waals surface area contributed by atoms with Crippen molar-refractivity contribution in [3.8, 4) is 0 Å². The number of aromatic nitrogens is 1. The number of carbonyl (C=O) groups is 2. The van der Waals surface area contributed by atoms with Crippen molar-refractivity contribution < 1.29 is 14.7 Å². The van der Waals surface area contributed by atoms with E-state index < -0.39 is 5.60 Å². The van der Waals surface area contributed by atoms with E-state index in [2.05, 4.69) is 4.98 Å². The van der Waals surface area contributed by atoms with Crippen LogP contribution in [0.4, 0.5) is 10.6 Å². The first-order valence-corrected chi connectivity index (χ1v) is 9.73. The first-order chi connectivity index (χ1) is 13.0. The number of hydrogen-bond acceptors (Lipinski definition) is 5. The Bertz CT molecular complexity index is 736.